The maximum atomic E-state index is 13.7. The lowest BCUT2D eigenvalue weighted by Gasteiger charge is -2.30. The van der Waals surface area contributed by atoms with Gasteiger partial charge in [-0.3, -0.25) is 9.59 Å². The first-order chi connectivity index (χ1) is 18.9. The number of hydrogen-bond donors (Lipinski definition) is 2. The van der Waals surface area contributed by atoms with E-state index in [4.69, 9.17) is 4.74 Å². The lowest BCUT2D eigenvalue weighted by Crippen LogP contribution is -2.56. The summed E-state index contributed by atoms with van der Waals surface area (Å²) in [6, 6.07) is 17.7. The third-order valence-corrected chi connectivity index (χ3v) is 7.46. The predicted molar refractivity (Wildman–Crippen MR) is 153 cm³/mol. The maximum absolute atomic E-state index is 13.7. The number of rotatable bonds is 11. The number of Topliss-reactive ketones (excluding diaryl/α,β-unsaturated/α-hetero) is 1. The number of morpholine rings is 1. The highest BCUT2D eigenvalue weighted by Crippen LogP contribution is 2.23. The molecule has 3 aromatic rings. The number of hydrogen-bond acceptors (Lipinski definition) is 6. The Morgan fingerprint density at radius 3 is 2.28 bits per heavy atom. The van der Waals surface area contributed by atoms with E-state index in [2.05, 4.69) is 15.6 Å². The van der Waals surface area contributed by atoms with Crippen molar-refractivity contribution in [3.8, 4) is 11.3 Å². The van der Waals surface area contributed by atoms with Crippen LogP contribution in [0.3, 0.4) is 0 Å². The average Bonchev–Trinajstić information content (AvgIpc) is 3.46. The Labute approximate surface area is 233 Å². The maximum Gasteiger partial charge on any atom is 0.318 e. The van der Waals surface area contributed by atoms with Crippen LogP contribution in [-0.4, -0.2) is 66.0 Å². The smallest absolute Gasteiger partial charge is 0.318 e. The molecule has 39 heavy (non-hydrogen) atoms. The van der Waals surface area contributed by atoms with Gasteiger partial charge in [-0.2, -0.15) is 0 Å². The number of carbonyl (C=O) groups excluding carboxylic acids is 3. The minimum atomic E-state index is -0.776. The monoisotopic (exact) mass is 548 g/mol. The highest BCUT2D eigenvalue weighted by atomic mass is 32.1. The Bertz CT molecular complexity index is 1230. The Hall–Kier alpha value is -3.56. The molecule has 0 unspecified atom stereocenters. The number of aromatic nitrogens is 1. The summed E-state index contributed by atoms with van der Waals surface area (Å²) in [5.41, 5.74) is 2.74. The van der Waals surface area contributed by atoms with Crippen LogP contribution in [0.5, 0.6) is 0 Å². The van der Waals surface area contributed by atoms with Crippen molar-refractivity contribution >= 4 is 29.1 Å². The quantitative estimate of drug-likeness (QED) is 0.342. The Kier molecular flexibility index (Phi) is 10.2. The van der Waals surface area contributed by atoms with Gasteiger partial charge in [-0.05, 0) is 30.7 Å². The van der Waals surface area contributed by atoms with Crippen molar-refractivity contribution in [2.45, 2.75) is 45.2 Å². The van der Waals surface area contributed by atoms with Crippen LogP contribution in [-0.2, 0) is 16.0 Å². The van der Waals surface area contributed by atoms with Gasteiger partial charge in [0.25, 0.3) is 0 Å². The highest BCUT2D eigenvalue weighted by Gasteiger charge is 2.30. The molecular formula is C30H36N4O4S. The normalized spacial score (nSPS) is 15.0. The minimum Gasteiger partial charge on any atom is -0.378 e. The Morgan fingerprint density at radius 1 is 0.949 bits per heavy atom. The van der Waals surface area contributed by atoms with Gasteiger partial charge in [0, 0.05) is 24.0 Å². The lowest BCUT2D eigenvalue weighted by molar-refractivity contribution is -0.123. The van der Waals surface area contributed by atoms with Crippen LogP contribution in [0.15, 0.2) is 66.0 Å². The molecule has 0 aliphatic carbocycles. The van der Waals surface area contributed by atoms with Crippen molar-refractivity contribution in [2.75, 3.05) is 26.3 Å². The minimum absolute atomic E-state index is 0.164. The van der Waals surface area contributed by atoms with Crippen LogP contribution in [0.4, 0.5) is 4.79 Å². The van der Waals surface area contributed by atoms with E-state index < -0.39 is 12.1 Å². The van der Waals surface area contributed by atoms with Crippen molar-refractivity contribution in [3.63, 3.8) is 0 Å². The molecule has 206 valence electrons. The number of ether oxygens (including phenoxy) is 1. The summed E-state index contributed by atoms with van der Waals surface area (Å²) in [4.78, 5) is 46.4. The van der Waals surface area contributed by atoms with Gasteiger partial charge in [-0.1, -0.05) is 74.5 Å². The van der Waals surface area contributed by atoms with Crippen LogP contribution < -0.4 is 10.6 Å². The van der Waals surface area contributed by atoms with E-state index in [0.717, 1.165) is 16.8 Å². The summed E-state index contributed by atoms with van der Waals surface area (Å²) in [5, 5.41) is 8.08. The van der Waals surface area contributed by atoms with Crippen molar-refractivity contribution in [3.05, 3.63) is 76.6 Å². The number of urea groups is 1. The zero-order chi connectivity index (χ0) is 27.6. The van der Waals surface area contributed by atoms with Crippen molar-refractivity contribution < 1.29 is 19.1 Å². The van der Waals surface area contributed by atoms with Gasteiger partial charge in [-0.15, -0.1) is 11.3 Å². The van der Waals surface area contributed by atoms with Gasteiger partial charge >= 0.3 is 6.03 Å². The van der Waals surface area contributed by atoms with E-state index in [1.165, 1.54) is 11.3 Å². The molecule has 2 atom stereocenters. The molecule has 1 aliphatic heterocycles. The molecule has 0 spiro atoms. The van der Waals surface area contributed by atoms with Crippen molar-refractivity contribution in [1.29, 1.82) is 0 Å². The number of aryl methyl sites for hydroxylation is 1. The fourth-order valence-electron chi connectivity index (χ4n) is 4.48. The molecule has 2 heterocycles. The second-order valence-corrected chi connectivity index (χ2v) is 10.9. The number of thiazole rings is 1. The molecule has 1 aliphatic rings. The highest BCUT2D eigenvalue weighted by molar-refractivity contribution is 7.12. The largest absolute Gasteiger partial charge is 0.378 e. The van der Waals surface area contributed by atoms with Gasteiger partial charge in [0.05, 0.1) is 24.9 Å². The van der Waals surface area contributed by atoms with E-state index in [0.29, 0.717) is 50.6 Å². The Morgan fingerprint density at radius 2 is 1.62 bits per heavy atom. The van der Waals surface area contributed by atoms with Crippen molar-refractivity contribution in [1.82, 2.24) is 20.5 Å². The molecule has 0 saturated carbocycles. The molecule has 9 heteroatoms. The summed E-state index contributed by atoms with van der Waals surface area (Å²) in [6.07, 6.45) is 1.49. The molecule has 0 radical (unpaired) electrons. The third kappa shape index (κ3) is 8.21. The first kappa shape index (κ1) is 28.4. The molecule has 3 amide bonds. The fourth-order valence-corrected chi connectivity index (χ4v) is 5.31. The lowest BCUT2D eigenvalue weighted by atomic mass is 9.99. The topological polar surface area (TPSA) is 101 Å². The molecule has 2 N–H and O–H groups in total. The van der Waals surface area contributed by atoms with Gasteiger partial charge in [0.15, 0.2) is 5.01 Å². The molecular weight excluding hydrogens is 512 g/mol. The number of nitrogens with zero attached hydrogens (tertiary/aromatic N) is 2. The molecule has 1 saturated heterocycles. The van der Waals surface area contributed by atoms with E-state index in [1.54, 1.807) is 4.90 Å². The number of nitrogens with one attached hydrogen (secondary N) is 2. The molecule has 0 bridgehead atoms. The van der Waals surface area contributed by atoms with E-state index in [1.807, 2.05) is 79.9 Å². The number of amides is 3. The molecule has 1 fully saturated rings. The van der Waals surface area contributed by atoms with Crippen LogP contribution in [0.2, 0.25) is 0 Å². The van der Waals surface area contributed by atoms with Gasteiger partial charge < -0.3 is 20.3 Å². The third-order valence-electron chi connectivity index (χ3n) is 6.60. The van der Waals surface area contributed by atoms with Gasteiger partial charge in [-0.25, -0.2) is 9.78 Å². The fraction of sp³-hybridized carbons (Fsp3) is 0.400. The average molecular weight is 549 g/mol. The van der Waals surface area contributed by atoms with Crippen LogP contribution in [0.1, 0.15) is 42.1 Å². The summed E-state index contributed by atoms with van der Waals surface area (Å²) in [6.45, 7) is 5.91. The van der Waals surface area contributed by atoms with E-state index in [-0.39, 0.29) is 23.6 Å². The molecule has 1 aromatic heterocycles. The van der Waals surface area contributed by atoms with E-state index in [9.17, 15) is 14.4 Å². The predicted octanol–water partition coefficient (Wildman–Crippen LogP) is 4.57. The zero-order valence-electron chi connectivity index (χ0n) is 22.5. The molecule has 4 rings (SSSR count). The Balaban J connectivity index is 1.51. The van der Waals surface area contributed by atoms with E-state index >= 15 is 0 Å². The molecule has 8 nitrogen and oxygen atoms in total. The van der Waals surface area contributed by atoms with Crippen LogP contribution >= 0.6 is 11.3 Å². The standard InChI is InChI=1S/C30H36N4O4S/c1-21(2)19-25(33-30(37)34-15-17-38-18-16-34)28(36)31-24(14-13-22-9-5-3-6-10-22)27(35)29-32-26(20-39-29)23-11-7-4-8-12-23/h3-12,20-21,24-25H,13-19H2,1-2H3,(H,31,36)(H,33,37)/t24-,25+/m1/s1. The van der Waals surface area contributed by atoms with Gasteiger partial charge in [0.1, 0.15) is 6.04 Å². The summed E-state index contributed by atoms with van der Waals surface area (Å²) in [5.74, 6) is -0.428. The second-order valence-electron chi connectivity index (χ2n) is 10.1. The number of carbonyl (C=O) groups is 3. The summed E-state index contributed by atoms with van der Waals surface area (Å²) in [7, 11) is 0. The zero-order valence-corrected chi connectivity index (χ0v) is 23.3. The molecule has 2 aromatic carbocycles. The van der Waals surface area contributed by atoms with Gasteiger partial charge in [0.2, 0.25) is 11.7 Å². The number of benzene rings is 2. The second kappa shape index (κ2) is 14.0. The summed E-state index contributed by atoms with van der Waals surface area (Å²) < 4.78 is 5.34. The first-order valence-corrected chi connectivity index (χ1v) is 14.3. The number of ketones is 1. The summed E-state index contributed by atoms with van der Waals surface area (Å²) >= 11 is 1.28. The SMILES string of the molecule is CC(C)C[C@H](NC(=O)N1CCOCC1)C(=O)N[C@H](CCc1ccccc1)C(=O)c1nc(-c2ccccc2)cs1. The van der Waals surface area contributed by atoms with Crippen LogP contribution in [0, 0.1) is 5.92 Å². The first-order valence-electron chi connectivity index (χ1n) is 13.4. The van der Waals surface area contributed by atoms with Crippen molar-refractivity contribution in [2.24, 2.45) is 5.92 Å². The van der Waals surface area contributed by atoms with Crippen LogP contribution in [0.25, 0.3) is 11.3 Å².